The minimum atomic E-state index is -3.74. The average molecular weight is 328 g/mol. The zero-order valence-electron chi connectivity index (χ0n) is 12.3. The first-order valence-corrected chi connectivity index (χ1v) is 8.73. The van der Waals surface area contributed by atoms with Gasteiger partial charge in [-0.3, -0.25) is 0 Å². The van der Waals surface area contributed by atoms with Crippen LogP contribution in [-0.4, -0.2) is 19.6 Å². The van der Waals surface area contributed by atoms with E-state index in [9.17, 15) is 13.5 Å². The van der Waals surface area contributed by atoms with Gasteiger partial charge in [-0.05, 0) is 28.8 Å². The lowest BCUT2D eigenvalue weighted by Crippen LogP contribution is -2.33. The summed E-state index contributed by atoms with van der Waals surface area (Å²) in [6, 6.07) is 15.0. The molecule has 118 valence electrons. The Bertz CT molecular complexity index is 854. The van der Waals surface area contributed by atoms with Crippen molar-refractivity contribution in [2.45, 2.75) is 29.9 Å². The summed E-state index contributed by atoms with van der Waals surface area (Å²) in [7, 11) is -3.74. The van der Waals surface area contributed by atoms with Gasteiger partial charge in [-0.15, -0.1) is 0 Å². The van der Waals surface area contributed by atoms with E-state index in [-0.39, 0.29) is 11.3 Å². The Labute approximate surface area is 135 Å². The molecule has 6 heteroatoms. The van der Waals surface area contributed by atoms with Crippen molar-refractivity contribution in [3.8, 4) is 6.07 Å². The van der Waals surface area contributed by atoms with Gasteiger partial charge in [0.05, 0.1) is 29.5 Å². The van der Waals surface area contributed by atoms with E-state index in [2.05, 4.69) is 4.72 Å². The molecule has 3 rings (SSSR count). The van der Waals surface area contributed by atoms with Crippen LogP contribution in [-0.2, 0) is 22.9 Å². The van der Waals surface area contributed by atoms with E-state index in [1.807, 2.05) is 30.3 Å². The monoisotopic (exact) mass is 328 g/mol. The van der Waals surface area contributed by atoms with Crippen molar-refractivity contribution in [2.75, 3.05) is 0 Å². The molecule has 0 aromatic heterocycles. The summed E-state index contributed by atoms with van der Waals surface area (Å²) < 4.78 is 27.6. The minimum absolute atomic E-state index is 0.121. The van der Waals surface area contributed by atoms with Gasteiger partial charge in [0.2, 0.25) is 10.0 Å². The van der Waals surface area contributed by atoms with Crippen LogP contribution in [0.15, 0.2) is 53.4 Å². The Morgan fingerprint density at radius 3 is 2.57 bits per heavy atom. The lowest BCUT2D eigenvalue weighted by atomic mass is 10.1. The van der Waals surface area contributed by atoms with E-state index in [0.29, 0.717) is 6.42 Å². The fourth-order valence-corrected chi connectivity index (χ4v) is 4.08. The summed E-state index contributed by atoms with van der Waals surface area (Å²) in [6.45, 7) is 0. The molecule has 0 saturated heterocycles. The highest BCUT2D eigenvalue weighted by atomic mass is 32.2. The van der Waals surface area contributed by atoms with Crippen LogP contribution in [0.3, 0.4) is 0 Å². The highest BCUT2D eigenvalue weighted by Gasteiger charge is 2.34. The van der Waals surface area contributed by atoms with Gasteiger partial charge in [0.25, 0.3) is 0 Å². The Hall–Kier alpha value is -2.20. The van der Waals surface area contributed by atoms with E-state index in [0.717, 1.165) is 16.7 Å². The molecule has 0 heterocycles. The topological polar surface area (TPSA) is 90.2 Å². The molecule has 0 saturated carbocycles. The zero-order valence-corrected chi connectivity index (χ0v) is 13.1. The first-order chi connectivity index (χ1) is 11.0. The third-order valence-electron chi connectivity index (χ3n) is 4.00. The van der Waals surface area contributed by atoms with Gasteiger partial charge in [-0.25, -0.2) is 13.1 Å². The van der Waals surface area contributed by atoms with Crippen LogP contribution < -0.4 is 4.72 Å². The van der Waals surface area contributed by atoms with Crippen LogP contribution in [0.2, 0.25) is 0 Å². The summed E-state index contributed by atoms with van der Waals surface area (Å²) >= 11 is 0. The molecule has 0 bridgehead atoms. The molecule has 0 amide bonds. The van der Waals surface area contributed by atoms with Gasteiger partial charge >= 0.3 is 0 Å². The number of nitrogens with one attached hydrogen (secondary N) is 1. The Kier molecular flexibility index (Phi) is 4.18. The largest absolute Gasteiger partial charge is 0.391 e. The number of hydrogen-bond donors (Lipinski definition) is 2. The lowest BCUT2D eigenvalue weighted by molar-refractivity contribution is 0.151. The Morgan fingerprint density at radius 2 is 1.87 bits per heavy atom. The SMILES string of the molecule is N#CCc1ccc(S(=O)(=O)NC2c3ccccc3CC2O)cc1. The van der Waals surface area contributed by atoms with Crippen LogP contribution in [0.4, 0.5) is 0 Å². The molecule has 2 N–H and O–H groups in total. The van der Waals surface area contributed by atoms with E-state index < -0.39 is 22.2 Å². The van der Waals surface area contributed by atoms with Gasteiger partial charge in [0, 0.05) is 6.42 Å². The van der Waals surface area contributed by atoms with Crippen LogP contribution in [0, 0.1) is 11.3 Å². The van der Waals surface area contributed by atoms with Gasteiger partial charge in [0.1, 0.15) is 0 Å². The maximum absolute atomic E-state index is 12.5. The first-order valence-electron chi connectivity index (χ1n) is 7.25. The van der Waals surface area contributed by atoms with Crippen molar-refractivity contribution in [1.82, 2.24) is 4.72 Å². The zero-order chi connectivity index (χ0) is 16.4. The summed E-state index contributed by atoms with van der Waals surface area (Å²) in [6.07, 6.45) is -0.104. The van der Waals surface area contributed by atoms with Crippen LogP contribution in [0.25, 0.3) is 0 Å². The van der Waals surface area contributed by atoms with Crippen molar-refractivity contribution in [1.29, 1.82) is 5.26 Å². The van der Waals surface area contributed by atoms with Crippen molar-refractivity contribution >= 4 is 10.0 Å². The minimum Gasteiger partial charge on any atom is -0.391 e. The van der Waals surface area contributed by atoms with Crippen molar-refractivity contribution in [3.05, 3.63) is 65.2 Å². The maximum atomic E-state index is 12.5. The van der Waals surface area contributed by atoms with E-state index in [1.54, 1.807) is 12.1 Å². The second kappa shape index (κ2) is 6.13. The summed E-state index contributed by atoms with van der Waals surface area (Å²) in [5.41, 5.74) is 2.53. The third-order valence-corrected chi connectivity index (χ3v) is 5.46. The number of aliphatic hydroxyl groups is 1. The van der Waals surface area contributed by atoms with Gasteiger partial charge < -0.3 is 5.11 Å². The molecule has 2 atom stereocenters. The standard InChI is InChI=1S/C17H16N2O3S/c18-10-9-12-5-7-14(8-6-12)23(21,22)19-17-15-4-2-1-3-13(15)11-16(17)20/h1-8,16-17,19-20H,9,11H2. The number of nitriles is 1. The summed E-state index contributed by atoms with van der Waals surface area (Å²) in [4.78, 5) is 0.121. The summed E-state index contributed by atoms with van der Waals surface area (Å²) in [5, 5.41) is 18.8. The highest BCUT2D eigenvalue weighted by molar-refractivity contribution is 7.89. The Balaban J connectivity index is 1.85. The highest BCUT2D eigenvalue weighted by Crippen LogP contribution is 2.32. The summed E-state index contributed by atoms with van der Waals surface area (Å²) in [5.74, 6) is 0. The predicted molar refractivity (Wildman–Crippen MR) is 85.0 cm³/mol. The van der Waals surface area contributed by atoms with Crippen LogP contribution in [0.5, 0.6) is 0 Å². The molecule has 0 spiro atoms. The van der Waals surface area contributed by atoms with Crippen molar-refractivity contribution in [2.24, 2.45) is 0 Å². The molecule has 0 aliphatic heterocycles. The van der Waals surface area contributed by atoms with Crippen molar-refractivity contribution in [3.63, 3.8) is 0 Å². The number of rotatable bonds is 4. The fourth-order valence-electron chi connectivity index (χ4n) is 2.83. The van der Waals surface area contributed by atoms with Gasteiger partial charge in [-0.2, -0.15) is 5.26 Å². The van der Waals surface area contributed by atoms with E-state index in [4.69, 9.17) is 5.26 Å². The molecule has 1 aliphatic carbocycles. The molecule has 2 aromatic carbocycles. The number of nitrogens with zero attached hydrogens (tertiary/aromatic N) is 1. The fraction of sp³-hybridized carbons (Fsp3) is 0.235. The van der Waals surface area contributed by atoms with Gasteiger partial charge in [-0.1, -0.05) is 36.4 Å². The normalized spacial score (nSPS) is 20.0. The molecule has 2 unspecified atom stereocenters. The molecule has 0 radical (unpaired) electrons. The molecule has 23 heavy (non-hydrogen) atoms. The quantitative estimate of drug-likeness (QED) is 0.893. The average Bonchev–Trinajstić information content (AvgIpc) is 2.84. The molecule has 5 nitrogen and oxygen atoms in total. The molecular formula is C17H16N2O3S. The second-order valence-corrected chi connectivity index (χ2v) is 7.26. The van der Waals surface area contributed by atoms with Crippen LogP contribution >= 0.6 is 0 Å². The molecule has 2 aromatic rings. The van der Waals surface area contributed by atoms with E-state index >= 15 is 0 Å². The number of aliphatic hydroxyl groups excluding tert-OH is 1. The smallest absolute Gasteiger partial charge is 0.241 e. The predicted octanol–water partition coefficient (Wildman–Crippen LogP) is 1.69. The molecule has 1 aliphatic rings. The molecular weight excluding hydrogens is 312 g/mol. The third kappa shape index (κ3) is 3.13. The first kappa shape index (κ1) is 15.7. The Morgan fingerprint density at radius 1 is 1.17 bits per heavy atom. The number of benzene rings is 2. The molecule has 0 fully saturated rings. The van der Waals surface area contributed by atoms with E-state index in [1.165, 1.54) is 12.1 Å². The van der Waals surface area contributed by atoms with Gasteiger partial charge in [0.15, 0.2) is 0 Å². The van der Waals surface area contributed by atoms with Crippen molar-refractivity contribution < 1.29 is 13.5 Å². The number of hydrogen-bond acceptors (Lipinski definition) is 4. The second-order valence-electron chi connectivity index (χ2n) is 5.55. The number of sulfonamides is 1. The maximum Gasteiger partial charge on any atom is 0.241 e. The number of fused-ring (bicyclic) bond motifs is 1. The lowest BCUT2D eigenvalue weighted by Gasteiger charge is -2.18. The van der Waals surface area contributed by atoms with Crippen LogP contribution in [0.1, 0.15) is 22.7 Å².